The molecule has 0 saturated heterocycles. The second-order valence-corrected chi connectivity index (χ2v) is 6.91. The Bertz CT molecular complexity index is 660. The maximum atomic E-state index is 12.6. The Morgan fingerprint density at radius 2 is 1.91 bits per heavy atom. The van der Waals surface area contributed by atoms with Crippen LogP contribution in [0.25, 0.3) is 11.3 Å². The maximum Gasteiger partial charge on any atom is 0.257 e. The first-order valence-corrected chi connectivity index (χ1v) is 7.75. The Morgan fingerprint density at radius 3 is 2.52 bits per heavy atom. The van der Waals surface area contributed by atoms with Crippen molar-refractivity contribution < 1.29 is 9.32 Å². The quantitative estimate of drug-likeness (QED) is 0.890. The lowest BCUT2D eigenvalue weighted by Gasteiger charge is -2.28. The fourth-order valence-electron chi connectivity index (χ4n) is 2.75. The highest BCUT2D eigenvalue weighted by atomic mass is 16.5. The molecule has 1 amide bonds. The van der Waals surface area contributed by atoms with Gasteiger partial charge in [0.25, 0.3) is 5.91 Å². The molecule has 1 heterocycles. The highest BCUT2D eigenvalue weighted by molar-refractivity contribution is 6.00. The molecule has 0 aliphatic carbocycles. The summed E-state index contributed by atoms with van der Waals surface area (Å²) < 4.78 is 5.25. The normalized spacial score (nSPS) is 11.7. The van der Waals surface area contributed by atoms with Crippen LogP contribution in [0.4, 0.5) is 0 Å². The molecule has 0 aliphatic rings. The second kappa shape index (κ2) is 6.96. The Labute approximate surface area is 137 Å². The van der Waals surface area contributed by atoms with Crippen molar-refractivity contribution in [3.63, 3.8) is 0 Å². The number of benzene rings is 1. The summed E-state index contributed by atoms with van der Waals surface area (Å²) in [7, 11) is 4.06. The summed E-state index contributed by atoms with van der Waals surface area (Å²) in [6.45, 7) is 7.50. The summed E-state index contributed by atoms with van der Waals surface area (Å²) in [5.74, 6) is 0.390. The minimum atomic E-state index is -0.144. The van der Waals surface area contributed by atoms with Crippen molar-refractivity contribution >= 4 is 5.91 Å². The molecule has 5 heteroatoms. The molecule has 0 bridgehead atoms. The van der Waals surface area contributed by atoms with Crippen molar-refractivity contribution in [1.29, 1.82) is 0 Å². The van der Waals surface area contributed by atoms with Gasteiger partial charge in [0.2, 0.25) is 0 Å². The van der Waals surface area contributed by atoms with E-state index in [1.807, 2.05) is 44.4 Å². The van der Waals surface area contributed by atoms with Crippen molar-refractivity contribution in [2.45, 2.75) is 20.8 Å². The number of rotatable bonds is 6. The molecule has 2 aromatic rings. The van der Waals surface area contributed by atoms with E-state index >= 15 is 0 Å². The van der Waals surface area contributed by atoms with Gasteiger partial charge >= 0.3 is 0 Å². The van der Waals surface area contributed by atoms with Crippen molar-refractivity contribution in [2.75, 3.05) is 27.2 Å². The number of hydrogen-bond donors (Lipinski definition) is 1. The predicted molar refractivity (Wildman–Crippen MR) is 91.3 cm³/mol. The predicted octanol–water partition coefficient (Wildman–Crippen LogP) is 2.97. The van der Waals surface area contributed by atoms with E-state index in [4.69, 9.17) is 4.52 Å². The molecule has 1 aromatic heterocycles. The fourth-order valence-corrected chi connectivity index (χ4v) is 2.75. The molecule has 0 atom stereocenters. The zero-order valence-electron chi connectivity index (χ0n) is 14.5. The maximum absolute atomic E-state index is 12.6. The van der Waals surface area contributed by atoms with Gasteiger partial charge in [-0.25, -0.2) is 0 Å². The molecule has 5 nitrogen and oxygen atoms in total. The number of nitrogens with one attached hydrogen (secondary N) is 1. The summed E-state index contributed by atoms with van der Waals surface area (Å²) in [5.41, 5.74) is 1.96. The zero-order valence-corrected chi connectivity index (χ0v) is 14.5. The van der Waals surface area contributed by atoms with E-state index in [1.54, 1.807) is 6.92 Å². The first kappa shape index (κ1) is 17.2. The van der Waals surface area contributed by atoms with Crippen molar-refractivity contribution in [1.82, 2.24) is 15.4 Å². The van der Waals surface area contributed by atoms with E-state index in [1.165, 1.54) is 0 Å². The number of aromatic nitrogens is 1. The highest BCUT2D eigenvalue weighted by Crippen LogP contribution is 2.25. The molecular formula is C18H25N3O2. The molecule has 0 saturated carbocycles. The monoisotopic (exact) mass is 315 g/mol. The molecule has 1 aromatic carbocycles. The lowest BCUT2D eigenvalue weighted by molar-refractivity contribution is 0.0928. The fraction of sp³-hybridized carbons (Fsp3) is 0.444. The first-order chi connectivity index (χ1) is 10.8. The van der Waals surface area contributed by atoms with Gasteiger partial charge < -0.3 is 14.7 Å². The first-order valence-electron chi connectivity index (χ1n) is 7.75. The third kappa shape index (κ3) is 4.42. The van der Waals surface area contributed by atoms with Gasteiger partial charge in [0.15, 0.2) is 0 Å². The lowest BCUT2D eigenvalue weighted by atomic mass is 9.92. The van der Waals surface area contributed by atoms with Crippen LogP contribution in [-0.2, 0) is 0 Å². The van der Waals surface area contributed by atoms with Crippen LogP contribution in [0.3, 0.4) is 0 Å². The molecule has 1 N–H and O–H groups in total. The minimum absolute atomic E-state index is 0.0167. The van der Waals surface area contributed by atoms with Crippen molar-refractivity contribution in [3.05, 3.63) is 41.7 Å². The van der Waals surface area contributed by atoms with Crippen LogP contribution in [0, 0.1) is 12.3 Å². The van der Waals surface area contributed by atoms with Gasteiger partial charge in [0.05, 0.1) is 0 Å². The number of aryl methyl sites for hydroxylation is 1. The van der Waals surface area contributed by atoms with Gasteiger partial charge in [-0.2, -0.15) is 0 Å². The molecular weight excluding hydrogens is 290 g/mol. The third-order valence-electron chi connectivity index (χ3n) is 3.61. The Kier molecular flexibility index (Phi) is 5.21. The Balaban J connectivity index is 2.16. The van der Waals surface area contributed by atoms with Gasteiger partial charge in [0.1, 0.15) is 17.0 Å². The van der Waals surface area contributed by atoms with E-state index in [2.05, 4.69) is 29.2 Å². The Morgan fingerprint density at radius 1 is 1.26 bits per heavy atom. The summed E-state index contributed by atoms with van der Waals surface area (Å²) in [5, 5.41) is 7.07. The van der Waals surface area contributed by atoms with E-state index in [9.17, 15) is 4.79 Å². The SMILES string of the molecule is Cc1onc(-c2ccccc2)c1C(=O)NCC(C)(C)CN(C)C. The average molecular weight is 315 g/mol. The van der Waals surface area contributed by atoms with Gasteiger partial charge in [0, 0.05) is 18.7 Å². The summed E-state index contributed by atoms with van der Waals surface area (Å²) in [6.07, 6.45) is 0. The standard InChI is InChI=1S/C18H25N3O2/c1-13-15(16(20-23-13)14-9-7-6-8-10-14)17(22)19-11-18(2,3)12-21(4)5/h6-10H,11-12H2,1-5H3,(H,19,22). The molecule has 23 heavy (non-hydrogen) atoms. The topological polar surface area (TPSA) is 58.4 Å². The molecule has 2 rings (SSSR count). The second-order valence-electron chi connectivity index (χ2n) is 6.91. The molecule has 0 fully saturated rings. The average Bonchev–Trinajstić information content (AvgIpc) is 2.86. The highest BCUT2D eigenvalue weighted by Gasteiger charge is 2.24. The van der Waals surface area contributed by atoms with Crippen LogP contribution in [0.2, 0.25) is 0 Å². The zero-order chi connectivity index (χ0) is 17.0. The summed E-state index contributed by atoms with van der Waals surface area (Å²) in [4.78, 5) is 14.7. The Hall–Kier alpha value is -2.14. The largest absolute Gasteiger partial charge is 0.360 e. The molecule has 0 radical (unpaired) electrons. The molecule has 124 valence electrons. The number of carbonyl (C=O) groups excluding carboxylic acids is 1. The summed E-state index contributed by atoms with van der Waals surface area (Å²) in [6, 6.07) is 9.61. The minimum Gasteiger partial charge on any atom is -0.360 e. The van der Waals surface area contributed by atoms with Gasteiger partial charge in [-0.1, -0.05) is 49.3 Å². The third-order valence-corrected chi connectivity index (χ3v) is 3.61. The van der Waals surface area contributed by atoms with Crippen LogP contribution < -0.4 is 5.32 Å². The van der Waals surface area contributed by atoms with Gasteiger partial charge in [-0.15, -0.1) is 0 Å². The van der Waals surface area contributed by atoms with Gasteiger partial charge in [-0.05, 0) is 26.4 Å². The summed E-state index contributed by atoms with van der Waals surface area (Å²) >= 11 is 0. The smallest absolute Gasteiger partial charge is 0.257 e. The van der Waals surface area contributed by atoms with E-state index in [0.29, 0.717) is 23.6 Å². The van der Waals surface area contributed by atoms with Crippen LogP contribution in [-0.4, -0.2) is 43.1 Å². The van der Waals surface area contributed by atoms with Crippen LogP contribution in [0.15, 0.2) is 34.9 Å². The van der Waals surface area contributed by atoms with E-state index in [-0.39, 0.29) is 11.3 Å². The van der Waals surface area contributed by atoms with E-state index in [0.717, 1.165) is 12.1 Å². The molecule has 0 unspecified atom stereocenters. The number of nitrogens with zero attached hydrogens (tertiary/aromatic N) is 2. The van der Waals surface area contributed by atoms with Crippen LogP contribution in [0.5, 0.6) is 0 Å². The van der Waals surface area contributed by atoms with Crippen LogP contribution in [0.1, 0.15) is 30.0 Å². The van der Waals surface area contributed by atoms with Crippen molar-refractivity contribution in [2.24, 2.45) is 5.41 Å². The number of hydrogen-bond acceptors (Lipinski definition) is 4. The van der Waals surface area contributed by atoms with Crippen LogP contribution >= 0.6 is 0 Å². The molecule has 0 aliphatic heterocycles. The van der Waals surface area contributed by atoms with E-state index < -0.39 is 0 Å². The van der Waals surface area contributed by atoms with Crippen molar-refractivity contribution in [3.8, 4) is 11.3 Å². The van der Waals surface area contributed by atoms with Gasteiger partial charge in [-0.3, -0.25) is 4.79 Å². The molecule has 0 spiro atoms. The number of amides is 1. The lowest BCUT2D eigenvalue weighted by Crippen LogP contribution is -2.40. The number of carbonyl (C=O) groups is 1.